The molecule has 0 fully saturated rings. The zero-order valence-corrected chi connectivity index (χ0v) is 12.8. The van der Waals surface area contributed by atoms with Gasteiger partial charge in [0.2, 0.25) is 0 Å². The lowest BCUT2D eigenvalue weighted by Crippen LogP contribution is -2.52. The van der Waals surface area contributed by atoms with Gasteiger partial charge in [-0.05, 0) is 26.3 Å². The molecule has 3 nitrogen and oxygen atoms in total. The highest BCUT2D eigenvalue weighted by molar-refractivity contribution is 8.00. The molecule has 4 heteroatoms. The van der Waals surface area contributed by atoms with Crippen LogP contribution in [0.3, 0.4) is 0 Å². The van der Waals surface area contributed by atoms with Gasteiger partial charge in [0, 0.05) is 11.0 Å². The maximum Gasteiger partial charge on any atom is 0.326 e. The number of hydrogen-bond donors (Lipinski definition) is 1. The Morgan fingerprint density at radius 3 is 2.35 bits per heavy atom. The number of carbonyl (C=O) groups is 1. The lowest BCUT2D eigenvalue weighted by Gasteiger charge is -2.29. The third kappa shape index (κ3) is 5.77. The zero-order chi connectivity index (χ0) is 13.5. The van der Waals surface area contributed by atoms with Gasteiger partial charge in [0.1, 0.15) is 5.54 Å². The number of thioether (sulfide) groups is 1. The molecular weight excluding hydrogens is 234 g/mol. The molecule has 0 saturated heterocycles. The van der Waals surface area contributed by atoms with E-state index in [0.717, 1.165) is 12.3 Å². The Hall–Kier alpha value is -0.220. The fourth-order valence-electron chi connectivity index (χ4n) is 1.35. The van der Waals surface area contributed by atoms with Gasteiger partial charge in [-0.3, -0.25) is 4.79 Å². The monoisotopic (exact) mass is 261 g/mol. The van der Waals surface area contributed by atoms with E-state index in [4.69, 9.17) is 4.74 Å². The topological polar surface area (TPSA) is 38.3 Å². The molecule has 102 valence electrons. The van der Waals surface area contributed by atoms with Crippen molar-refractivity contribution in [3.63, 3.8) is 0 Å². The second-order valence-corrected chi connectivity index (χ2v) is 6.21. The number of likely N-dealkylation sites (N-methyl/N-ethyl adjacent to an activating group) is 1. The van der Waals surface area contributed by atoms with E-state index >= 15 is 0 Å². The molecule has 0 aromatic heterocycles. The molecule has 0 aliphatic carbocycles. The van der Waals surface area contributed by atoms with E-state index in [1.54, 1.807) is 0 Å². The predicted molar refractivity (Wildman–Crippen MR) is 75.5 cm³/mol. The van der Waals surface area contributed by atoms with Crippen LogP contribution in [0.2, 0.25) is 0 Å². The largest absolute Gasteiger partial charge is 0.465 e. The fraction of sp³-hybridized carbons (Fsp3) is 0.923. The molecule has 2 unspecified atom stereocenters. The lowest BCUT2D eigenvalue weighted by atomic mass is 10.1. The molecule has 0 spiro atoms. The van der Waals surface area contributed by atoms with Crippen LogP contribution in [-0.2, 0) is 9.53 Å². The van der Waals surface area contributed by atoms with Gasteiger partial charge in [0.25, 0.3) is 0 Å². The number of ether oxygens (including phenoxy) is 1. The van der Waals surface area contributed by atoms with Crippen LogP contribution in [0.25, 0.3) is 0 Å². The van der Waals surface area contributed by atoms with Gasteiger partial charge >= 0.3 is 5.97 Å². The third-order valence-electron chi connectivity index (χ3n) is 2.87. The van der Waals surface area contributed by atoms with Gasteiger partial charge in [0.15, 0.2) is 0 Å². The summed E-state index contributed by atoms with van der Waals surface area (Å²) in [6.07, 6.45) is 0. The van der Waals surface area contributed by atoms with Crippen LogP contribution < -0.4 is 5.32 Å². The highest BCUT2D eigenvalue weighted by Crippen LogP contribution is 2.24. The highest BCUT2D eigenvalue weighted by Gasteiger charge is 2.34. The van der Waals surface area contributed by atoms with Crippen LogP contribution in [-0.4, -0.2) is 35.7 Å². The van der Waals surface area contributed by atoms with E-state index in [0.29, 0.717) is 17.8 Å². The predicted octanol–water partition coefficient (Wildman–Crippen LogP) is 2.70. The summed E-state index contributed by atoms with van der Waals surface area (Å²) in [5.74, 6) is 1.22. The van der Waals surface area contributed by atoms with Crippen molar-refractivity contribution < 1.29 is 9.53 Å². The Kier molecular flexibility index (Phi) is 7.88. The van der Waals surface area contributed by atoms with E-state index in [9.17, 15) is 4.79 Å². The molecule has 0 aliphatic heterocycles. The number of carbonyl (C=O) groups excluding carboxylic acids is 1. The van der Waals surface area contributed by atoms with E-state index in [1.165, 1.54) is 0 Å². The average Bonchev–Trinajstić information content (AvgIpc) is 2.26. The zero-order valence-electron chi connectivity index (χ0n) is 12.0. The Bertz CT molecular complexity index is 233. The van der Waals surface area contributed by atoms with E-state index < -0.39 is 5.54 Å². The number of rotatable bonds is 8. The maximum absolute atomic E-state index is 11.9. The summed E-state index contributed by atoms with van der Waals surface area (Å²) in [4.78, 5) is 11.9. The second kappa shape index (κ2) is 7.98. The molecule has 17 heavy (non-hydrogen) atoms. The number of nitrogens with one attached hydrogen (secondary N) is 1. The Morgan fingerprint density at radius 2 is 1.94 bits per heavy atom. The molecule has 0 rings (SSSR count). The van der Waals surface area contributed by atoms with Crippen molar-refractivity contribution >= 4 is 17.7 Å². The standard InChI is InChI=1S/C13H27NO2S/c1-7-14-13(6,12(15)16-8-2)9-17-11(5)10(3)4/h10-11,14H,7-9H2,1-6H3. The first kappa shape index (κ1) is 16.8. The van der Waals surface area contributed by atoms with Crippen molar-refractivity contribution in [2.24, 2.45) is 5.92 Å². The van der Waals surface area contributed by atoms with Crippen LogP contribution in [0, 0.1) is 5.92 Å². The smallest absolute Gasteiger partial charge is 0.326 e. The van der Waals surface area contributed by atoms with Gasteiger partial charge < -0.3 is 10.1 Å². The molecule has 0 radical (unpaired) electrons. The third-order valence-corrected chi connectivity index (χ3v) is 4.68. The van der Waals surface area contributed by atoms with Gasteiger partial charge in [-0.25, -0.2) is 0 Å². The normalized spacial score (nSPS) is 16.6. The molecule has 0 aromatic carbocycles. The molecule has 0 aromatic rings. The van der Waals surface area contributed by atoms with Crippen molar-refractivity contribution in [2.75, 3.05) is 18.9 Å². The Balaban J connectivity index is 4.45. The minimum Gasteiger partial charge on any atom is -0.465 e. The van der Waals surface area contributed by atoms with Gasteiger partial charge in [-0.1, -0.05) is 27.7 Å². The summed E-state index contributed by atoms with van der Waals surface area (Å²) in [5.41, 5.74) is -0.571. The van der Waals surface area contributed by atoms with Crippen LogP contribution in [0.15, 0.2) is 0 Å². The summed E-state index contributed by atoms with van der Waals surface area (Å²) in [7, 11) is 0. The second-order valence-electron chi connectivity index (χ2n) is 4.84. The summed E-state index contributed by atoms with van der Waals surface area (Å²) in [6.45, 7) is 13.6. The van der Waals surface area contributed by atoms with Crippen molar-refractivity contribution in [2.45, 2.75) is 52.3 Å². The molecule has 1 N–H and O–H groups in total. The quantitative estimate of drug-likeness (QED) is 0.682. The molecule has 0 bridgehead atoms. The van der Waals surface area contributed by atoms with Crippen molar-refractivity contribution in [1.82, 2.24) is 5.32 Å². The van der Waals surface area contributed by atoms with E-state index in [1.807, 2.05) is 32.5 Å². The Labute approximate surface area is 110 Å². The van der Waals surface area contributed by atoms with Crippen molar-refractivity contribution in [3.05, 3.63) is 0 Å². The maximum atomic E-state index is 11.9. The van der Waals surface area contributed by atoms with Crippen LogP contribution in [0.1, 0.15) is 41.5 Å². The average molecular weight is 261 g/mol. The summed E-state index contributed by atoms with van der Waals surface area (Å²) in [6, 6.07) is 0. The number of hydrogen-bond acceptors (Lipinski definition) is 4. The lowest BCUT2D eigenvalue weighted by molar-refractivity contribution is -0.149. The van der Waals surface area contributed by atoms with E-state index in [-0.39, 0.29) is 5.97 Å². The first-order chi connectivity index (χ1) is 7.87. The molecule has 0 amide bonds. The first-order valence-electron chi connectivity index (χ1n) is 6.41. The van der Waals surface area contributed by atoms with Crippen LogP contribution in [0.5, 0.6) is 0 Å². The Morgan fingerprint density at radius 1 is 1.35 bits per heavy atom. The summed E-state index contributed by atoms with van der Waals surface area (Å²) < 4.78 is 5.14. The van der Waals surface area contributed by atoms with Crippen molar-refractivity contribution in [3.8, 4) is 0 Å². The SMILES string of the molecule is CCNC(C)(CSC(C)C(C)C)C(=O)OCC. The van der Waals surface area contributed by atoms with Gasteiger partial charge in [-0.15, -0.1) is 0 Å². The van der Waals surface area contributed by atoms with Crippen LogP contribution in [0.4, 0.5) is 0 Å². The molecule has 0 heterocycles. The summed E-state index contributed by atoms with van der Waals surface area (Å²) >= 11 is 1.82. The highest BCUT2D eigenvalue weighted by atomic mass is 32.2. The fourth-order valence-corrected chi connectivity index (χ4v) is 2.55. The summed E-state index contributed by atoms with van der Waals surface area (Å²) in [5, 5.41) is 3.79. The number of esters is 1. The molecular formula is C13H27NO2S. The van der Waals surface area contributed by atoms with Crippen LogP contribution >= 0.6 is 11.8 Å². The molecule has 0 saturated carbocycles. The minimum atomic E-state index is -0.571. The van der Waals surface area contributed by atoms with E-state index in [2.05, 4.69) is 26.1 Å². The van der Waals surface area contributed by atoms with Gasteiger partial charge in [0.05, 0.1) is 6.61 Å². The minimum absolute atomic E-state index is 0.148. The van der Waals surface area contributed by atoms with Gasteiger partial charge in [-0.2, -0.15) is 11.8 Å². The van der Waals surface area contributed by atoms with Crippen molar-refractivity contribution in [1.29, 1.82) is 0 Å². The molecule has 2 atom stereocenters. The first-order valence-corrected chi connectivity index (χ1v) is 7.46. The molecule has 0 aliphatic rings.